The number of halogens is 1. The predicted octanol–water partition coefficient (Wildman–Crippen LogP) is 3.46. The molecule has 0 aliphatic heterocycles. The van der Waals surface area contributed by atoms with Gasteiger partial charge in [-0.15, -0.1) is 0 Å². The molecule has 0 saturated carbocycles. The summed E-state index contributed by atoms with van der Waals surface area (Å²) in [6, 6.07) is 8.94. The van der Waals surface area contributed by atoms with Crippen molar-refractivity contribution in [1.82, 2.24) is 0 Å². The molecule has 0 saturated heterocycles. The molecule has 0 bridgehead atoms. The van der Waals surface area contributed by atoms with E-state index in [0.29, 0.717) is 5.69 Å². The fourth-order valence-corrected chi connectivity index (χ4v) is 3.23. The molecule has 0 fully saturated rings. The Bertz CT molecular complexity index is 847. The Morgan fingerprint density at radius 2 is 1.82 bits per heavy atom. The second-order valence-corrected chi connectivity index (χ2v) is 6.96. The van der Waals surface area contributed by atoms with Crippen LogP contribution >= 0.6 is 11.6 Å². The maximum absolute atomic E-state index is 12.4. The maximum atomic E-state index is 12.4. The minimum Gasteiger partial charge on any atom is -0.478 e. The number of aryl methyl sites for hydroxylation is 2. The van der Waals surface area contributed by atoms with Crippen LogP contribution < -0.4 is 4.72 Å². The summed E-state index contributed by atoms with van der Waals surface area (Å²) in [4.78, 5) is 10.9. The topological polar surface area (TPSA) is 83.5 Å². The van der Waals surface area contributed by atoms with Crippen molar-refractivity contribution in [3.63, 3.8) is 0 Å². The minimum absolute atomic E-state index is 0.0156. The lowest BCUT2D eigenvalue weighted by Gasteiger charge is -2.12. The highest BCUT2D eigenvalue weighted by Crippen LogP contribution is 2.24. The lowest BCUT2D eigenvalue weighted by atomic mass is 10.1. The standard InChI is InChI=1S/C15H14ClNO4S/c1-9-3-4-10(2)14(7-9)17-22(20,21)11-5-6-13(16)12(8-11)15(18)19/h3-8,17H,1-2H3,(H,18,19). The van der Waals surface area contributed by atoms with E-state index in [1.807, 2.05) is 13.0 Å². The molecule has 0 aliphatic carbocycles. The third kappa shape index (κ3) is 3.40. The Morgan fingerprint density at radius 3 is 2.45 bits per heavy atom. The number of benzene rings is 2. The van der Waals surface area contributed by atoms with E-state index in [-0.39, 0.29) is 15.5 Å². The van der Waals surface area contributed by atoms with E-state index >= 15 is 0 Å². The number of carbonyl (C=O) groups is 1. The van der Waals surface area contributed by atoms with Crippen molar-refractivity contribution in [3.05, 3.63) is 58.1 Å². The van der Waals surface area contributed by atoms with E-state index in [9.17, 15) is 13.2 Å². The first kappa shape index (κ1) is 16.3. The molecule has 0 heterocycles. The molecule has 0 aliphatic rings. The van der Waals surface area contributed by atoms with Crippen LogP contribution in [0.15, 0.2) is 41.3 Å². The quantitative estimate of drug-likeness (QED) is 0.893. The van der Waals surface area contributed by atoms with Gasteiger partial charge in [-0.2, -0.15) is 0 Å². The first-order valence-electron chi connectivity index (χ1n) is 6.33. The Morgan fingerprint density at radius 1 is 1.14 bits per heavy atom. The van der Waals surface area contributed by atoms with Gasteiger partial charge >= 0.3 is 5.97 Å². The number of sulfonamides is 1. The number of carboxylic acid groups (broad SMARTS) is 1. The monoisotopic (exact) mass is 339 g/mol. The Hall–Kier alpha value is -2.05. The molecule has 7 heteroatoms. The van der Waals surface area contributed by atoms with E-state index in [1.54, 1.807) is 19.1 Å². The second kappa shape index (κ2) is 5.98. The van der Waals surface area contributed by atoms with Gasteiger partial charge in [0.15, 0.2) is 0 Å². The number of hydrogen-bond donors (Lipinski definition) is 2. The minimum atomic E-state index is -3.90. The fourth-order valence-electron chi connectivity index (χ4n) is 1.88. The SMILES string of the molecule is Cc1ccc(C)c(NS(=O)(=O)c2ccc(Cl)c(C(=O)O)c2)c1. The van der Waals surface area contributed by atoms with E-state index in [0.717, 1.165) is 17.2 Å². The summed E-state index contributed by atoms with van der Waals surface area (Å²) in [5.41, 5.74) is 1.87. The molecule has 0 spiro atoms. The van der Waals surface area contributed by atoms with Crippen molar-refractivity contribution in [1.29, 1.82) is 0 Å². The Labute approximate surface area is 133 Å². The van der Waals surface area contributed by atoms with Crippen molar-refractivity contribution < 1.29 is 18.3 Å². The maximum Gasteiger partial charge on any atom is 0.337 e. The molecule has 0 radical (unpaired) electrons. The molecule has 2 aromatic carbocycles. The highest BCUT2D eigenvalue weighted by molar-refractivity contribution is 7.92. The molecule has 5 nitrogen and oxygen atoms in total. The van der Waals surface area contributed by atoms with Crippen LogP contribution in [0.4, 0.5) is 5.69 Å². The van der Waals surface area contributed by atoms with Gasteiger partial charge in [-0.3, -0.25) is 4.72 Å². The Kier molecular flexibility index (Phi) is 4.44. The van der Waals surface area contributed by atoms with Crippen LogP contribution in [0.1, 0.15) is 21.5 Å². The summed E-state index contributed by atoms with van der Waals surface area (Å²) in [5.74, 6) is -1.28. The first-order valence-corrected chi connectivity index (χ1v) is 8.20. The van der Waals surface area contributed by atoms with Crippen molar-refractivity contribution >= 4 is 33.3 Å². The first-order chi connectivity index (χ1) is 10.2. The largest absolute Gasteiger partial charge is 0.478 e. The number of carboxylic acids is 1. The van der Waals surface area contributed by atoms with Crippen molar-refractivity contribution in [2.24, 2.45) is 0 Å². The number of rotatable bonds is 4. The highest BCUT2D eigenvalue weighted by atomic mass is 35.5. The van der Waals surface area contributed by atoms with Gasteiger partial charge in [0.2, 0.25) is 0 Å². The van der Waals surface area contributed by atoms with Crippen LogP contribution in [-0.4, -0.2) is 19.5 Å². The zero-order valence-electron chi connectivity index (χ0n) is 11.9. The van der Waals surface area contributed by atoms with Crippen molar-refractivity contribution in [3.8, 4) is 0 Å². The molecule has 2 N–H and O–H groups in total. The molecule has 0 unspecified atom stereocenters. The summed E-state index contributed by atoms with van der Waals surface area (Å²) in [7, 11) is -3.90. The normalized spacial score (nSPS) is 11.2. The third-order valence-corrected chi connectivity index (χ3v) is 4.81. The number of hydrogen-bond acceptors (Lipinski definition) is 3. The molecule has 0 amide bonds. The van der Waals surface area contributed by atoms with E-state index in [1.165, 1.54) is 12.1 Å². The average molecular weight is 340 g/mol. The van der Waals surface area contributed by atoms with Crippen molar-refractivity contribution in [2.45, 2.75) is 18.7 Å². The summed E-state index contributed by atoms with van der Waals surface area (Å²) in [6.45, 7) is 3.63. The number of anilines is 1. The van der Waals surface area contributed by atoms with E-state index in [2.05, 4.69) is 4.72 Å². The van der Waals surface area contributed by atoms with Gasteiger partial charge in [0.05, 0.1) is 21.2 Å². The predicted molar refractivity (Wildman–Crippen MR) is 85.1 cm³/mol. The molecule has 0 atom stereocenters. The van der Waals surface area contributed by atoms with Gasteiger partial charge < -0.3 is 5.11 Å². The van der Waals surface area contributed by atoms with Crippen LogP contribution in [0.25, 0.3) is 0 Å². The van der Waals surface area contributed by atoms with Crippen LogP contribution in [0.2, 0.25) is 5.02 Å². The van der Waals surface area contributed by atoms with Gasteiger partial charge in [0, 0.05) is 0 Å². The smallest absolute Gasteiger partial charge is 0.337 e. The molecule has 0 aromatic heterocycles. The molecule has 2 aromatic rings. The molecule has 22 heavy (non-hydrogen) atoms. The van der Waals surface area contributed by atoms with Crippen molar-refractivity contribution in [2.75, 3.05) is 4.72 Å². The van der Waals surface area contributed by atoms with Crippen LogP contribution in [0, 0.1) is 13.8 Å². The molecular weight excluding hydrogens is 326 g/mol. The zero-order valence-corrected chi connectivity index (χ0v) is 13.5. The summed E-state index contributed by atoms with van der Waals surface area (Å²) < 4.78 is 27.3. The summed E-state index contributed by atoms with van der Waals surface area (Å²) in [6.07, 6.45) is 0. The molecule has 116 valence electrons. The zero-order chi connectivity index (χ0) is 16.5. The van der Waals surface area contributed by atoms with Gasteiger partial charge in [-0.1, -0.05) is 23.7 Å². The van der Waals surface area contributed by atoms with Gasteiger partial charge in [0.1, 0.15) is 0 Å². The Balaban J connectivity index is 2.45. The second-order valence-electron chi connectivity index (χ2n) is 4.87. The van der Waals surface area contributed by atoms with Gasteiger partial charge in [-0.05, 0) is 49.2 Å². The molecule has 2 rings (SSSR count). The van der Waals surface area contributed by atoms with E-state index in [4.69, 9.17) is 16.7 Å². The lowest BCUT2D eigenvalue weighted by molar-refractivity contribution is 0.0697. The molecular formula is C15H14ClNO4S. The highest BCUT2D eigenvalue weighted by Gasteiger charge is 2.19. The fraction of sp³-hybridized carbons (Fsp3) is 0.133. The summed E-state index contributed by atoms with van der Waals surface area (Å²) >= 11 is 5.75. The lowest BCUT2D eigenvalue weighted by Crippen LogP contribution is -2.14. The third-order valence-electron chi connectivity index (χ3n) is 3.12. The van der Waals surface area contributed by atoms with Gasteiger partial charge in [0.25, 0.3) is 10.0 Å². The van der Waals surface area contributed by atoms with Crippen LogP contribution in [0.5, 0.6) is 0 Å². The summed E-state index contributed by atoms with van der Waals surface area (Å²) in [5, 5.41) is 9.01. The van der Waals surface area contributed by atoms with Gasteiger partial charge in [-0.25, -0.2) is 13.2 Å². The number of aromatic carboxylic acids is 1. The van der Waals surface area contributed by atoms with E-state index < -0.39 is 16.0 Å². The van der Waals surface area contributed by atoms with Crippen LogP contribution in [0.3, 0.4) is 0 Å². The number of nitrogens with one attached hydrogen (secondary N) is 1. The average Bonchev–Trinajstić information content (AvgIpc) is 2.42. The van der Waals surface area contributed by atoms with Crippen LogP contribution in [-0.2, 0) is 10.0 Å².